The first-order valence-electron chi connectivity index (χ1n) is 11.1. The normalized spacial score (nSPS) is 20.1. The van der Waals surface area contributed by atoms with Crippen LogP contribution in [0.3, 0.4) is 0 Å². The molecule has 0 radical (unpaired) electrons. The highest BCUT2D eigenvalue weighted by Gasteiger charge is 2.48. The lowest BCUT2D eigenvalue weighted by Gasteiger charge is -2.24. The largest absolute Gasteiger partial charge is 0.453 e. The monoisotopic (exact) mass is 523 g/mol. The van der Waals surface area contributed by atoms with Gasteiger partial charge < -0.3 is 9.64 Å². The summed E-state index contributed by atoms with van der Waals surface area (Å²) >= 11 is -0.261. The average Bonchev–Trinajstić information content (AvgIpc) is 3.45. The van der Waals surface area contributed by atoms with Crippen LogP contribution in [0.4, 0.5) is 8.28 Å². The summed E-state index contributed by atoms with van der Waals surface area (Å²) < 4.78 is 65.4. The Hall–Kier alpha value is -2.61. The molecule has 1 saturated heterocycles. The molecule has 35 heavy (non-hydrogen) atoms. The predicted octanol–water partition coefficient (Wildman–Crippen LogP) is 3.04. The van der Waals surface area contributed by atoms with Crippen LogP contribution in [0.1, 0.15) is 24.9 Å². The third-order valence-corrected chi connectivity index (χ3v) is 8.48. The minimum Gasteiger partial charge on any atom is -0.400 e. The fraction of sp³-hybridized carbons (Fsp3) is 0.409. The Morgan fingerprint density at radius 3 is 2.71 bits per heavy atom. The molecule has 186 valence electrons. The summed E-state index contributed by atoms with van der Waals surface area (Å²) in [5.74, 6) is -0.00100. The zero-order chi connectivity index (χ0) is 24.9. The molecule has 2 aliphatic heterocycles. The average molecular weight is 524 g/mol. The number of nitrogens with zero attached hydrogens (tertiary/aromatic N) is 6. The first-order valence-corrected chi connectivity index (χ1v) is 13.2. The quantitative estimate of drug-likeness (QED) is 0.459. The summed E-state index contributed by atoms with van der Waals surface area (Å²) in [6.07, 6.45) is 3.87. The van der Waals surface area contributed by atoms with Crippen molar-refractivity contribution in [3.05, 3.63) is 48.0 Å². The SMILES string of the molecule is CC1c2cc(F)cc(-c3ccncc3)c2Oc2n(SF)nc(S(=O)(=O)N3CCC(CN(C)C)C3)[n+]21. The van der Waals surface area contributed by atoms with Crippen molar-refractivity contribution in [3.8, 4) is 22.9 Å². The van der Waals surface area contributed by atoms with Crippen LogP contribution >= 0.6 is 12.3 Å². The highest BCUT2D eigenvalue weighted by molar-refractivity contribution is 7.92. The van der Waals surface area contributed by atoms with Crippen LogP contribution in [0.5, 0.6) is 11.8 Å². The summed E-state index contributed by atoms with van der Waals surface area (Å²) in [6, 6.07) is 5.27. The zero-order valence-electron chi connectivity index (χ0n) is 19.4. The van der Waals surface area contributed by atoms with Crippen molar-refractivity contribution < 1.29 is 26.0 Å². The summed E-state index contributed by atoms with van der Waals surface area (Å²) in [6.45, 7) is 3.17. The van der Waals surface area contributed by atoms with Gasteiger partial charge in [-0.2, -0.15) is 8.87 Å². The molecule has 0 saturated carbocycles. The lowest BCUT2D eigenvalue weighted by Crippen LogP contribution is -2.48. The van der Waals surface area contributed by atoms with Crippen molar-refractivity contribution >= 4 is 22.4 Å². The molecule has 2 aliphatic rings. The smallest absolute Gasteiger partial charge is 0.400 e. The first-order chi connectivity index (χ1) is 16.7. The van der Waals surface area contributed by atoms with Crippen molar-refractivity contribution in [3.63, 3.8) is 0 Å². The molecule has 9 nitrogen and oxygen atoms in total. The topological polar surface area (TPSA) is 84.4 Å². The number of rotatable bonds is 6. The van der Waals surface area contributed by atoms with Gasteiger partial charge in [-0.05, 0) is 63.2 Å². The van der Waals surface area contributed by atoms with Crippen LogP contribution in [0, 0.1) is 11.7 Å². The fourth-order valence-corrected chi connectivity index (χ4v) is 6.79. The highest BCUT2D eigenvalue weighted by atomic mass is 32.2. The predicted molar refractivity (Wildman–Crippen MR) is 125 cm³/mol. The molecule has 0 bridgehead atoms. The van der Waals surface area contributed by atoms with Gasteiger partial charge in [-0.1, -0.05) is 0 Å². The number of fused-ring (bicyclic) bond motifs is 2. The van der Waals surface area contributed by atoms with Crippen molar-refractivity contribution in [1.29, 1.82) is 0 Å². The molecular formula is C22H25F2N6O3S2+. The number of halogens is 2. The molecule has 3 aromatic rings. The lowest BCUT2D eigenvalue weighted by atomic mass is 9.97. The van der Waals surface area contributed by atoms with Gasteiger partial charge in [0.05, 0.1) is 5.10 Å². The molecule has 1 aromatic carbocycles. The van der Waals surface area contributed by atoms with Gasteiger partial charge in [0, 0.05) is 47.2 Å². The summed E-state index contributed by atoms with van der Waals surface area (Å²) in [5.41, 5.74) is 1.54. The van der Waals surface area contributed by atoms with E-state index < -0.39 is 21.9 Å². The van der Waals surface area contributed by atoms with Gasteiger partial charge in [0.1, 0.15) is 17.6 Å². The molecule has 4 heterocycles. The zero-order valence-corrected chi connectivity index (χ0v) is 21.1. The van der Waals surface area contributed by atoms with Gasteiger partial charge in [0.25, 0.3) is 12.3 Å². The number of ether oxygens (including phenoxy) is 1. The molecule has 0 spiro atoms. The Bertz CT molecular complexity index is 1370. The van der Waals surface area contributed by atoms with E-state index in [4.69, 9.17) is 4.74 Å². The van der Waals surface area contributed by atoms with E-state index in [0.29, 0.717) is 35.5 Å². The summed E-state index contributed by atoms with van der Waals surface area (Å²) in [5, 5.41) is 3.73. The number of aromatic nitrogens is 4. The van der Waals surface area contributed by atoms with E-state index in [1.54, 1.807) is 31.5 Å². The minimum absolute atomic E-state index is 0.0953. The number of hydrogen-bond donors (Lipinski definition) is 0. The lowest BCUT2D eigenvalue weighted by molar-refractivity contribution is -0.753. The Kier molecular flexibility index (Phi) is 6.28. The van der Waals surface area contributed by atoms with E-state index >= 15 is 0 Å². The maximum Gasteiger partial charge on any atom is 0.453 e. The van der Waals surface area contributed by atoms with Crippen molar-refractivity contribution in [2.45, 2.75) is 24.5 Å². The maximum absolute atomic E-state index is 14.7. The molecule has 0 amide bonds. The molecule has 13 heteroatoms. The Morgan fingerprint density at radius 2 is 2.03 bits per heavy atom. The van der Waals surface area contributed by atoms with E-state index in [1.165, 1.54) is 21.0 Å². The van der Waals surface area contributed by atoms with Gasteiger partial charge in [0.2, 0.25) is 0 Å². The van der Waals surface area contributed by atoms with Gasteiger partial charge in [-0.25, -0.2) is 12.8 Å². The molecule has 2 unspecified atom stereocenters. The van der Waals surface area contributed by atoms with E-state index in [1.807, 2.05) is 19.0 Å². The number of benzene rings is 1. The van der Waals surface area contributed by atoms with E-state index in [0.717, 1.165) is 17.1 Å². The molecule has 0 aliphatic carbocycles. The second kappa shape index (κ2) is 9.12. The van der Waals surface area contributed by atoms with E-state index in [2.05, 4.69) is 10.1 Å². The first kappa shape index (κ1) is 24.1. The van der Waals surface area contributed by atoms with E-state index in [9.17, 15) is 16.7 Å². The van der Waals surface area contributed by atoms with Crippen molar-refractivity contribution in [2.75, 3.05) is 33.7 Å². The molecule has 2 atom stereocenters. The Labute approximate surface area is 206 Å². The van der Waals surface area contributed by atoms with Crippen LogP contribution in [0.15, 0.2) is 41.8 Å². The second-order valence-electron chi connectivity index (χ2n) is 9.04. The van der Waals surface area contributed by atoms with Crippen LogP contribution in [-0.4, -0.2) is 65.5 Å². The molecule has 1 fully saturated rings. The van der Waals surface area contributed by atoms with E-state index in [-0.39, 0.29) is 29.4 Å². The Morgan fingerprint density at radius 1 is 1.29 bits per heavy atom. The highest BCUT2D eigenvalue weighted by Crippen LogP contribution is 2.43. The third kappa shape index (κ3) is 4.20. The van der Waals surface area contributed by atoms with Crippen LogP contribution in [-0.2, 0) is 10.0 Å². The fourth-order valence-electron chi connectivity index (χ4n) is 4.79. The molecular weight excluding hydrogens is 498 g/mol. The Balaban J connectivity index is 1.59. The maximum atomic E-state index is 14.7. The van der Waals surface area contributed by atoms with Crippen LogP contribution < -0.4 is 9.30 Å². The standard InChI is InChI=1S/C22H25F2N6O3S2/c1-14-18-10-17(23)11-19(16-4-7-25-8-5-16)20(18)33-22-29(14)21(26-30(22)34-24)35(31,32)28-9-6-15(13-28)12-27(2)3/h4-5,7-8,10-11,14-15H,6,9,12-13H2,1-3H3/q+1. The molecule has 5 rings (SSSR count). The number of pyridine rings is 1. The van der Waals surface area contributed by atoms with Gasteiger partial charge in [-0.15, -0.1) is 3.89 Å². The van der Waals surface area contributed by atoms with Crippen LogP contribution in [0.25, 0.3) is 11.1 Å². The van der Waals surface area contributed by atoms with Gasteiger partial charge in [0.15, 0.2) is 0 Å². The molecule has 2 aromatic heterocycles. The van der Waals surface area contributed by atoms with Crippen molar-refractivity contribution in [1.82, 2.24) is 23.4 Å². The second-order valence-corrected chi connectivity index (χ2v) is 11.4. The number of sulfonamides is 1. The third-order valence-electron chi connectivity index (χ3n) is 6.36. The van der Waals surface area contributed by atoms with Crippen LogP contribution in [0.2, 0.25) is 0 Å². The minimum atomic E-state index is -4.06. The van der Waals surface area contributed by atoms with Gasteiger partial charge in [-0.3, -0.25) is 4.98 Å². The van der Waals surface area contributed by atoms with Crippen molar-refractivity contribution in [2.24, 2.45) is 5.92 Å². The number of hydrogen-bond acceptors (Lipinski definition) is 7. The summed E-state index contributed by atoms with van der Waals surface area (Å²) in [4.78, 5) is 6.01. The summed E-state index contributed by atoms with van der Waals surface area (Å²) in [7, 11) is -0.175. The molecule has 0 N–H and O–H groups in total. The van der Waals surface area contributed by atoms with Gasteiger partial charge >= 0.3 is 21.2 Å².